The van der Waals surface area contributed by atoms with Crippen molar-refractivity contribution in [1.29, 1.82) is 0 Å². The normalized spacial score (nSPS) is 30.3. The Morgan fingerprint density at radius 3 is 2.85 bits per heavy atom. The zero-order chi connectivity index (χ0) is 9.84. The molecule has 0 amide bonds. The molecule has 1 saturated heterocycles. The average molecular weight is 187 g/mol. The second kappa shape index (κ2) is 4.58. The molecule has 1 aliphatic heterocycles. The van der Waals surface area contributed by atoms with E-state index in [1.807, 2.05) is 11.8 Å². The van der Waals surface area contributed by atoms with Gasteiger partial charge in [-0.05, 0) is 18.8 Å². The fraction of sp³-hybridized carbons (Fsp3) is 0.889. The Labute approximate surface area is 78.2 Å². The molecule has 0 aromatic carbocycles. The molecule has 4 heteroatoms. The monoisotopic (exact) mass is 187 g/mol. The van der Waals surface area contributed by atoms with Gasteiger partial charge in [-0.15, -0.1) is 0 Å². The van der Waals surface area contributed by atoms with Crippen LogP contribution in [-0.2, 0) is 4.79 Å². The molecule has 1 fully saturated rings. The molecule has 1 rings (SSSR count). The second-order valence-electron chi connectivity index (χ2n) is 3.65. The third-order valence-electron chi connectivity index (χ3n) is 2.66. The van der Waals surface area contributed by atoms with E-state index in [-0.39, 0.29) is 18.6 Å². The summed E-state index contributed by atoms with van der Waals surface area (Å²) in [6, 6.07) is 0. The van der Waals surface area contributed by atoms with E-state index >= 15 is 0 Å². The molecule has 1 aliphatic rings. The first-order valence-electron chi connectivity index (χ1n) is 4.75. The number of aliphatic carboxylic acids is 1. The lowest BCUT2D eigenvalue weighted by atomic mass is 9.92. The summed E-state index contributed by atoms with van der Waals surface area (Å²) in [5, 5.41) is 18.1. The number of hydrogen-bond acceptors (Lipinski definition) is 3. The van der Waals surface area contributed by atoms with Gasteiger partial charge in [0.05, 0.1) is 12.6 Å². The van der Waals surface area contributed by atoms with E-state index in [1.54, 1.807) is 0 Å². The Bertz CT molecular complexity index is 184. The lowest BCUT2D eigenvalue weighted by molar-refractivity contribution is -0.139. The molecule has 2 unspecified atom stereocenters. The standard InChI is InChI=1S/C9H17NO3/c1-2-7-5-10(6-9(12)13)4-3-8(7)11/h7-8,11H,2-6H2,1H3,(H,12,13). The summed E-state index contributed by atoms with van der Waals surface area (Å²) in [6.45, 7) is 3.54. The molecular weight excluding hydrogens is 170 g/mol. The van der Waals surface area contributed by atoms with Crippen molar-refractivity contribution in [3.8, 4) is 0 Å². The molecule has 0 aliphatic carbocycles. The Kier molecular flexibility index (Phi) is 3.69. The Morgan fingerprint density at radius 2 is 2.31 bits per heavy atom. The maximum absolute atomic E-state index is 10.4. The fourth-order valence-corrected chi connectivity index (χ4v) is 1.83. The van der Waals surface area contributed by atoms with E-state index < -0.39 is 5.97 Å². The predicted molar refractivity (Wildman–Crippen MR) is 48.5 cm³/mol. The Hall–Kier alpha value is -0.610. The van der Waals surface area contributed by atoms with Gasteiger partial charge < -0.3 is 10.2 Å². The van der Waals surface area contributed by atoms with Gasteiger partial charge in [0.15, 0.2) is 0 Å². The number of carboxylic acids is 1. The summed E-state index contributed by atoms with van der Waals surface area (Å²) in [4.78, 5) is 12.3. The lowest BCUT2D eigenvalue weighted by Gasteiger charge is -2.34. The van der Waals surface area contributed by atoms with Crippen LogP contribution in [-0.4, -0.2) is 46.8 Å². The number of hydrogen-bond donors (Lipinski definition) is 2. The minimum absolute atomic E-state index is 0.100. The van der Waals surface area contributed by atoms with Crippen LogP contribution in [0.25, 0.3) is 0 Å². The summed E-state index contributed by atoms with van der Waals surface area (Å²) >= 11 is 0. The van der Waals surface area contributed by atoms with Crippen molar-refractivity contribution >= 4 is 5.97 Å². The Morgan fingerprint density at radius 1 is 1.62 bits per heavy atom. The van der Waals surface area contributed by atoms with Crippen molar-refractivity contribution in [2.24, 2.45) is 5.92 Å². The minimum Gasteiger partial charge on any atom is -0.480 e. The molecule has 1 heterocycles. The summed E-state index contributed by atoms with van der Waals surface area (Å²) in [5.74, 6) is -0.542. The number of likely N-dealkylation sites (tertiary alicyclic amines) is 1. The van der Waals surface area contributed by atoms with Crippen molar-refractivity contribution in [3.63, 3.8) is 0 Å². The number of rotatable bonds is 3. The fourth-order valence-electron chi connectivity index (χ4n) is 1.83. The molecule has 0 aromatic heterocycles. The van der Waals surface area contributed by atoms with E-state index in [0.29, 0.717) is 19.5 Å². The number of aliphatic hydroxyl groups excluding tert-OH is 1. The van der Waals surface area contributed by atoms with Crippen LogP contribution in [0.3, 0.4) is 0 Å². The molecule has 4 nitrogen and oxygen atoms in total. The number of aliphatic hydroxyl groups is 1. The molecule has 0 spiro atoms. The Balaban J connectivity index is 2.40. The van der Waals surface area contributed by atoms with Crippen molar-refractivity contribution in [2.45, 2.75) is 25.9 Å². The maximum atomic E-state index is 10.4. The maximum Gasteiger partial charge on any atom is 0.317 e. The highest BCUT2D eigenvalue weighted by Crippen LogP contribution is 2.19. The zero-order valence-electron chi connectivity index (χ0n) is 7.94. The van der Waals surface area contributed by atoms with Gasteiger partial charge in [0.2, 0.25) is 0 Å². The first kappa shape index (κ1) is 10.5. The summed E-state index contributed by atoms with van der Waals surface area (Å²) in [5.41, 5.74) is 0. The number of piperidine rings is 1. The summed E-state index contributed by atoms with van der Waals surface area (Å²) in [7, 11) is 0. The van der Waals surface area contributed by atoms with E-state index in [4.69, 9.17) is 5.11 Å². The highest BCUT2D eigenvalue weighted by Gasteiger charge is 2.26. The molecule has 0 radical (unpaired) electrons. The van der Waals surface area contributed by atoms with Crippen LogP contribution in [0.1, 0.15) is 19.8 Å². The molecule has 0 saturated carbocycles. The zero-order valence-corrected chi connectivity index (χ0v) is 7.94. The second-order valence-corrected chi connectivity index (χ2v) is 3.65. The first-order valence-corrected chi connectivity index (χ1v) is 4.75. The van der Waals surface area contributed by atoms with Crippen LogP contribution >= 0.6 is 0 Å². The van der Waals surface area contributed by atoms with Crippen LogP contribution in [0.2, 0.25) is 0 Å². The van der Waals surface area contributed by atoms with Gasteiger partial charge in [-0.25, -0.2) is 0 Å². The minimum atomic E-state index is -0.786. The first-order chi connectivity index (χ1) is 6.13. The molecule has 76 valence electrons. The summed E-state index contributed by atoms with van der Waals surface area (Å²) in [6.07, 6.45) is 1.37. The van der Waals surface area contributed by atoms with E-state index in [9.17, 15) is 9.90 Å². The van der Waals surface area contributed by atoms with Gasteiger partial charge in [0.1, 0.15) is 0 Å². The van der Waals surface area contributed by atoms with Crippen molar-refractivity contribution in [2.75, 3.05) is 19.6 Å². The molecule has 13 heavy (non-hydrogen) atoms. The highest BCUT2D eigenvalue weighted by atomic mass is 16.4. The molecule has 0 bridgehead atoms. The average Bonchev–Trinajstić information content (AvgIpc) is 2.07. The number of nitrogens with zero attached hydrogens (tertiary/aromatic N) is 1. The highest BCUT2D eigenvalue weighted by molar-refractivity contribution is 5.69. The van der Waals surface area contributed by atoms with Gasteiger partial charge in [-0.3, -0.25) is 9.69 Å². The molecule has 0 aromatic rings. The van der Waals surface area contributed by atoms with Crippen LogP contribution in [0.4, 0.5) is 0 Å². The van der Waals surface area contributed by atoms with Crippen molar-refractivity contribution in [1.82, 2.24) is 4.90 Å². The quantitative estimate of drug-likeness (QED) is 0.661. The van der Waals surface area contributed by atoms with Gasteiger partial charge in [0, 0.05) is 13.1 Å². The third-order valence-corrected chi connectivity index (χ3v) is 2.66. The lowest BCUT2D eigenvalue weighted by Crippen LogP contribution is -2.44. The summed E-state index contributed by atoms with van der Waals surface area (Å²) < 4.78 is 0. The van der Waals surface area contributed by atoms with Gasteiger partial charge in [-0.1, -0.05) is 6.92 Å². The van der Waals surface area contributed by atoms with Gasteiger partial charge >= 0.3 is 5.97 Å². The molecule has 2 N–H and O–H groups in total. The SMILES string of the molecule is CCC1CN(CC(=O)O)CCC1O. The van der Waals surface area contributed by atoms with E-state index in [1.165, 1.54) is 0 Å². The molecular formula is C9H17NO3. The van der Waals surface area contributed by atoms with Crippen LogP contribution < -0.4 is 0 Å². The van der Waals surface area contributed by atoms with E-state index in [0.717, 1.165) is 6.42 Å². The van der Waals surface area contributed by atoms with Gasteiger partial charge in [0.25, 0.3) is 0 Å². The number of carboxylic acid groups (broad SMARTS) is 1. The van der Waals surface area contributed by atoms with Crippen LogP contribution in [0.5, 0.6) is 0 Å². The smallest absolute Gasteiger partial charge is 0.317 e. The van der Waals surface area contributed by atoms with Crippen molar-refractivity contribution in [3.05, 3.63) is 0 Å². The van der Waals surface area contributed by atoms with Crippen LogP contribution in [0.15, 0.2) is 0 Å². The predicted octanol–water partition coefficient (Wildman–Crippen LogP) is 0.164. The van der Waals surface area contributed by atoms with Gasteiger partial charge in [-0.2, -0.15) is 0 Å². The van der Waals surface area contributed by atoms with Crippen molar-refractivity contribution < 1.29 is 15.0 Å². The largest absolute Gasteiger partial charge is 0.480 e. The topological polar surface area (TPSA) is 60.8 Å². The third kappa shape index (κ3) is 2.97. The molecule has 2 atom stereocenters. The van der Waals surface area contributed by atoms with E-state index in [2.05, 4.69) is 0 Å². The van der Waals surface area contributed by atoms with Crippen LogP contribution in [0, 0.1) is 5.92 Å². The number of carbonyl (C=O) groups is 1.